The molecule has 0 unspecified atom stereocenters. The number of carbonyl (C=O) groups excluding carboxylic acids is 3. The topological polar surface area (TPSA) is 161 Å². The minimum atomic E-state index is -5.08. The fourth-order valence-electron chi connectivity index (χ4n) is 5.23. The van der Waals surface area contributed by atoms with Gasteiger partial charge in [0.05, 0.1) is 5.52 Å². The number of primary amides is 1. The standard InChI is InChI=1S/C23H22ClFN6O3.C2HF3O2/c24-18-5-2-6-19(27-18)28-23(34)17-9-12-3-1-4-15(12)31(17)20(32)11-30-16-10-13(25)7-8-14(16)21(29-30)22(26)33;3-2(4,5)1(6)7/h2,5-8,10,12,15,17H,1,3-4,9,11H2,(H2,26,33)(H,27,28,34);(H,6,7)/t12-,15-,17-;/m0./s1. The lowest BCUT2D eigenvalue weighted by Crippen LogP contribution is -2.48. The largest absolute Gasteiger partial charge is 0.490 e. The smallest absolute Gasteiger partial charge is 0.475 e. The predicted molar refractivity (Wildman–Crippen MR) is 136 cm³/mol. The van der Waals surface area contributed by atoms with Crippen LogP contribution in [-0.4, -0.2) is 66.7 Å². The average Bonchev–Trinajstić information content (AvgIpc) is 3.57. The number of halogens is 5. The van der Waals surface area contributed by atoms with Crippen LogP contribution in [0.1, 0.15) is 36.2 Å². The highest BCUT2D eigenvalue weighted by Crippen LogP contribution is 2.41. The Kier molecular flexibility index (Phi) is 8.47. The summed E-state index contributed by atoms with van der Waals surface area (Å²) < 4.78 is 46.9. The zero-order valence-corrected chi connectivity index (χ0v) is 21.8. The van der Waals surface area contributed by atoms with Gasteiger partial charge in [0.25, 0.3) is 5.91 Å². The number of benzene rings is 1. The number of likely N-dealkylation sites (tertiary alicyclic amines) is 1. The molecule has 1 aromatic carbocycles. The molecule has 0 radical (unpaired) electrons. The van der Waals surface area contributed by atoms with E-state index in [1.54, 1.807) is 23.1 Å². The number of aromatic nitrogens is 3. The van der Waals surface area contributed by atoms with E-state index < -0.39 is 29.9 Å². The first-order valence-corrected chi connectivity index (χ1v) is 12.6. The van der Waals surface area contributed by atoms with E-state index in [0.29, 0.717) is 17.6 Å². The molecule has 2 aliphatic rings. The van der Waals surface area contributed by atoms with E-state index in [2.05, 4.69) is 15.4 Å². The zero-order valence-electron chi connectivity index (χ0n) is 21.1. The lowest BCUT2D eigenvalue weighted by Gasteiger charge is -2.29. The molecule has 0 spiro atoms. The Balaban J connectivity index is 0.000000493. The molecule has 3 aromatic rings. The molecule has 16 heteroatoms. The van der Waals surface area contributed by atoms with Gasteiger partial charge in [0.2, 0.25) is 11.8 Å². The van der Waals surface area contributed by atoms with Gasteiger partial charge in [-0.2, -0.15) is 18.3 Å². The number of nitrogens with one attached hydrogen (secondary N) is 1. The Bertz CT molecular complexity index is 1510. The van der Waals surface area contributed by atoms with Crippen LogP contribution in [0.2, 0.25) is 5.15 Å². The number of anilines is 1. The fourth-order valence-corrected chi connectivity index (χ4v) is 5.39. The summed E-state index contributed by atoms with van der Waals surface area (Å²) in [6.45, 7) is -0.254. The molecule has 1 aliphatic carbocycles. The van der Waals surface area contributed by atoms with Crippen molar-refractivity contribution in [1.82, 2.24) is 19.7 Å². The highest BCUT2D eigenvalue weighted by atomic mass is 35.5. The van der Waals surface area contributed by atoms with Crippen molar-refractivity contribution in [2.75, 3.05) is 5.32 Å². The van der Waals surface area contributed by atoms with Crippen LogP contribution in [0, 0.1) is 11.7 Å². The first kappa shape index (κ1) is 29.7. The number of aliphatic carboxylic acids is 1. The minimum Gasteiger partial charge on any atom is -0.475 e. The second kappa shape index (κ2) is 11.7. The van der Waals surface area contributed by atoms with Crippen LogP contribution >= 0.6 is 11.6 Å². The number of hydrogen-bond acceptors (Lipinski definition) is 6. The van der Waals surface area contributed by atoms with E-state index in [4.69, 9.17) is 27.2 Å². The number of amides is 3. The second-order valence-corrected chi connectivity index (χ2v) is 9.87. The van der Waals surface area contributed by atoms with Gasteiger partial charge < -0.3 is 21.1 Å². The SMILES string of the molecule is NC(=O)c1nn(CC(=O)N2[C@H](C(=O)Nc3cccc(Cl)n3)C[C@@H]3CCC[C@@H]32)c2cc(F)ccc12.O=C(O)C(F)(F)F. The summed E-state index contributed by atoms with van der Waals surface area (Å²) >= 11 is 5.92. The van der Waals surface area contributed by atoms with Gasteiger partial charge in [-0.05, 0) is 55.5 Å². The lowest BCUT2D eigenvalue weighted by atomic mass is 10.0. The summed E-state index contributed by atoms with van der Waals surface area (Å²) in [6, 6.07) is 7.98. The summed E-state index contributed by atoms with van der Waals surface area (Å²) in [6.07, 6.45) is -1.82. The van der Waals surface area contributed by atoms with E-state index in [-0.39, 0.29) is 46.7 Å². The Morgan fingerprint density at radius 1 is 1.15 bits per heavy atom. The molecule has 2 fully saturated rings. The normalized spacial score (nSPS) is 19.8. The zero-order chi connectivity index (χ0) is 30.1. The lowest BCUT2D eigenvalue weighted by molar-refractivity contribution is -0.192. The molecule has 3 atom stereocenters. The molecule has 1 saturated carbocycles. The predicted octanol–water partition coefficient (Wildman–Crippen LogP) is 3.36. The van der Waals surface area contributed by atoms with Crippen molar-refractivity contribution in [3.63, 3.8) is 0 Å². The van der Waals surface area contributed by atoms with Crippen LogP contribution in [0.4, 0.5) is 23.4 Å². The van der Waals surface area contributed by atoms with Crippen molar-refractivity contribution in [3.05, 3.63) is 53.1 Å². The van der Waals surface area contributed by atoms with Crippen LogP contribution in [0.5, 0.6) is 0 Å². The van der Waals surface area contributed by atoms with E-state index >= 15 is 0 Å². The number of nitrogens with zero attached hydrogens (tertiary/aromatic N) is 4. The Labute approximate surface area is 234 Å². The monoisotopic (exact) mass is 598 g/mol. The molecule has 3 amide bonds. The summed E-state index contributed by atoms with van der Waals surface area (Å²) in [5.74, 6) is -4.20. The maximum atomic E-state index is 13.9. The molecular formula is C25H23ClF4N6O5. The molecule has 1 saturated heterocycles. The third kappa shape index (κ3) is 6.56. The van der Waals surface area contributed by atoms with Crippen molar-refractivity contribution in [2.45, 2.75) is 50.5 Å². The van der Waals surface area contributed by atoms with Gasteiger partial charge in [0.15, 0.2) is 5.69 Å². The number of rotatable bonds is 5. The van der Waals surface area contributed by atoms with Gasteiger partial charge in [-0.25, -0.2) is 14.2 Å². The number of carbonyl (C=O) groups is 4. The van der Waals surface area contributed by atoms with Gasteiger partial charge in [-0.15, -0.1) is 0 Å². The Hall–Kier alpha value is -4.27. The molecular weight excluding hydrogens is 576 g/mol. The maximum absolute atomic E-state index is 13.9. The number of carboxylic acids is 1. The van der Waals surface area contributed by atoms with Gasteiger partial charge >= 0.3 is 12.1 Å². The van der Waals surface area contributed by atoms with Crippen LogP contribution < -0.4 is 11.1 Å². The first-order chi connectivity index (χ1) is 19.3. The summed E-state index contributed by atoms with van der Waals surface area (Å²) in [5.41, 5.74) is 5.68. The summed E-state index contributed by atoms with van der Waals surface area (Å²) in [5, 5.41) is 14.7. The summed E-state index contributed by atoms with van der Waals surface area (Å²) in [7, 11) is 0. The van der Waals surface area contributed by atoms with Crippen molar-refractivity contribution >= 4 is 52.0 Å². The van der Waals surface area contributed by atoms with E-state index in [0.717, 1.165) is 19.3 Å². The molecule has 1 aliphatic heterocycles. The molecule has 5 rings (SSSR count). The van der Waals surface area contributed by atoms with Crippen LogP contribution in [0.25, 0.3) is 10.9 Å². The van der Waals surface area contributed by atoms with E-state index in [1.165, 1.54) is 22.9 Å². The van der Waals surface area contributed by atoms with Crippen molar-refractivity contribution < 1.29 is 41.8 Å². The van der Waals surface area contributed by atoms with Gasteiger partial charge in [0, 0.05) is 11.4 Å². The molecule has 4 N–H and O–H groups in total. The van der Waals surface area contributed by atoms with Crippen molar-refractivity contribution in [3.8, 4) is 0 Å². The van der Waals surface area contributed by atoms with Gasteiger partial charge in [0.1, 0.15) is 29.4 Å². The third-order valence-corrected chi connectivity index (χ3v) is 7.08. The average molecular weight is 599 g/mol. The highest BCUT2D eigenvalue weighted by Gasteiger charge is 2.48. The van der Waals surface area contributed by atoms with E-state index in [1.807, 2.05) is 0 Å². The molecule has 218 valence electrons. The summed E-state index contributed by atoms with van der Waals surface area (Å²) in [4.78, 5) is 53.1. The first-order valence-electron chi connectivity index (χ1n) is 12.3. The second-order valence-electron chi connectivity index (χ2n) is 9.48. The molecule has 11 nitrogen and oxygen atoms in total. The Morgan fingerprint density at radius 3 is 2.49 bits per heavy atom. The molecule has 2 aromatic heterocycles. The highest BCUT2D eigenvalue weighted by molar-refractivity contribution is 6.29. The Morgan fingerprint density at radius 2 is 1.85 bits per heavy atom. The van der Waals surface area contributed by atoms with Gasteiger partial charge in [-0.1, -0.05) is 24.1 Å². The fraction of sp³-hybridized carbons (Fsp3) is 0.360. The number of nitrogens with two attached hydrogens (primary N) is 1. The number of carboxylic acid groups (broad SMARTS) is 1. The molecule has 3 heterocycles. The molecule has 0 bridgehead atoms. The number of pyridine rings is 1. The number of fused-ring (bicyclic) bond motifs is 2. The number of hydrogen-bond donors (Lipinski definition) is 3. The minimum absolute atomic E-state index is 0.0377. The maximum Gasteiger partial charge on any atom is 0.490 e. The quantitative estimate of drug-likeness (QED) is 0.300. The molecule has 41 heavy (non-hydrogen) atoms. The van der Waals surface area contributed by atoms with Crippen LogP contribution in [0.3, 0.4) is 0 Å². The van der Waals surface area contributed by atoms with Crippen LogP contribution in [-0.2, 0) is 20.9 Å². The van der Waals surface area contributed by atoms with E-state index in [9.17, 15) is 31.9 Å². The van der Waals surface area contributed by atoms with Gasteiger partial charge in [-0.3, -0.25) is 19.1 Å². The van der Waals surface area contributed by atoms with Crippen molar-refractivity contribution in [1.29, 1.82) is 0 Å². The van der Waals surface area contributed by atoms with Crippen molar-refractivity contribution in [2.24, 2.45) is 11.7 Å². The number of alkyl halides is 3. The third-order valence-electron chi connectivity index (χ3n) is 6.87. The van der Waals surface area contributed by atoms with Crippen LogP contribution in [0.15, 0.2) is 36.4 Å².